The average molecular weight is 429 g/mol. The first kappa shape index (κ1) is 22.9. The van der Waals surface area contributed by atoms with Crippen LogP contribution >= 0.6 is 0 Å². The zero-order valence-electron chi connectivity index (χ0n) is 19.1. The van der Waals surface area contributed by atoms with E-state index in [2.05, 4.69) is 30.7 Å². The second kappa shape index (κ2) is 9.15. The normalized spacial score (nSPS) is 12.2. The van der Waals surface area contributed by atoms with Crippen molar-refractivity contribution in [3.8, 4) is 11.5 Å². The summed E-state index contributed by atoms with van der Waals surface area (Å²) in [7, 11) is 0. The number of rotatable bonds is 9. The molecule has 1 aromatic rings. The minimum absolute atomic E-state index is 0.0176. The van der Waals surface area contributed by atoms with Crippen molar-refractivity contribution in [2.75, 3.05) is 39.4 Å². The lowest BCUT2D eigenvalue weighted by Crippen LogP contribution is -2.49. The molecular formula is C22H32N6O3. The maximum atomic E-state index is 12.5. The van der Waals surface area contributed by atoms with Crippen LogP contribution < -0.4 is 11.2 Å². The minimum atomic E-state index is -0.909. The van der Waals surface area contributed by atoms with Crippen LogP contribution in [-0.2, 0) is 11.3 Å². The predicted octanol–water partition coefficient (Wildman–Crippen LogP) is 2.38. The van der Waals surface area contributed by atoms with Crippen molar-refractivity contribution < 1.29 is 9.22 Å². The summed E-state index contributed by atoms with van der Waals surface area (Å²) in [5, 5.41) is 0. The molecule has 0 unspecified atom stereocenters. The lowest BCUT2D eigenvalue weighted by molar-refractivity contribution is -0.923. The SMILES string of the molecule is CC[N+](CC)(CC)CCOCCn1c2nc(=O)n([NH-])c(=O)c-2nc2cc(C)c(C)cc21. The first-order chi connectivity index (χ1) is 14.8. The van der Waals surface area contributed by atoms with E-state index < -0.39 is 11.2 Å². The van der Waals surface area contributed by atoms with E-state index in [9.17, 15) is 9.59 Å². The molecule has 0 bridgehead atoms. The van der Waals surface area contributed by atoms with Crippen LogP contribution in [0, 0.1) is 13.8 Å². The standard InChI is InChI=1S/C22H32N6O3/c1-6-28(7-2,8-3)10-12-31-11-9-26-18-14-16(5)15(4)13-17(18)24-19-20(26)25-22(30)27(23)21(19)29/h13-14,23H,6-12H2,1-5H3. The van der Waals surface area contributed by atoms with Crippen LogP contribution in [0.2, 0.25) is 0 Å². The molecular weight excluding hydrogens is 396 g/mol. The first-order valence-corrected chi connectivity index (χ1v) is 10.9. The summed E-state index contributed by atoms with van der Waals surface area (Å²) in [4.78, 5) is 33.0. The van der Waals surface area contributed by atoms with Gasteiger partial charge in [0.15, 0.2) is 11.5 Å². The second-order valence-corrected chi connectivity index (χ2v) is 8.02. The van der Waals surface area contributed by atoms with Crippen molar-refractivity contribution in [1.29, 1.82) is 0 Å². The number of nitrogens with zero attached hydrogens (tertiary/aromatic N) is 5. The smallest absolute Gasteiger partial charge is 0.338 e. The fourth-order valence-corrected chi connectivity index (χ4v) is 3.98. The van der Waals surface area contributed by atoms with E-state index >= 15 is 0 Å². The van der Waals surface area contributed by atoms with Gasteiger partial charge in [-0.25, -0.2) is 9.78 Å². The molecule has 31 heavy (non-hydrogen) atoms. The van der Waals surface area contributed by atoms with Crippen molar-refractivity contribution in [1.82, 2.24) is 19.2 Å². The number of aryl methyl sites for hydroxylation is 2. The fraction of sp³-hybridized carbons (Fsp3) is 0.545. The third-order valence-corrected chi connectivity index (χ3v) is 6.56. The van der Waals surface area contributed by atoms with E-state index in [1.54, 1.807) is 0 Å². The fourth-order valence-electron chi connectivity index (χ4n) is 3.98. The number of fused-ring (bicyclic) bond motifs is 2. The monoisotopic (exact) mass is 428 g/mol. The van der Waals surface area contributed by atoms with Gasteiger partial charge in [-0.2, -0.15) is 4.98 Å². The average Bonchev–Trinajstić information content (AvgIpc) is 2.76. The number of nitrogens with one attached hydrogen (secondary N) is 1. The van der Waals surface area contributed by atoms with Crippen LogP contribution in [-0.4, -0.2) is 63.1 Å². The number of quaternary nitrogens is 1. The third kappa shape index (κ3) is 4.33. The Morgan fingerprint density at radius 2 is 1.65 bits per heavy atom. The molecule has 0 fully saturated rings. The van der Waals surface area contributed by atoms with Crippen molar-refractivity contribution in [3.63, 3.8) is 0 Å². The molecule has 0 radical (unpaired) electrons. The Labute approximate surface area is 182 Å². The van der Waals surface area contributed by atoms with Crippen LogP contribution in [0.1, 0.15) is 31.9 Å². The van der Waals surface area contributed by atoms with Crippen LogP contribution in [0.15, 0.2) is 21.7 Å². The molecule has 0 aromatic heterocycles. The summed E-state index contributed by atoms with van der Waals surface area (Å²) in [6.07, 6.45) is 0. The molecule has 0 atom stereocenters. The highest BCUT2D eigenvalue weighted by Gasteiger charge is 2.21. The molecule has 9 nitrogen and oxygen atoms in total. The van der Waals surface area contributed by atoms with Crippen LogP contribution in [0.25, 0.3) is 28.4 Å². The Morgan fingerprint density at radius 3 is 2.29 bits per heavy atom. The summed E-state index contributed by atoms with van der Waals surface area (Å²) in [5.74, 6) is 7.83. The molecule has 0 saturated carbocycles. The number of hydrogen-bond acceptors (Lipinski definition) is 5. The second-order valence-electron chi connectivity index (χ2n) is 8.02. The maximum Gasteiger partial charge on any atom is 0.338 e. The predicted molar refractivity (Wildman–Crippen MR) is 121 cm³/mol. The van der Waals surface area contributed by atoms with E-state index in [-0.39, 0.29) is 16.2 Å². The molecule has 2 aliphatic rings. The van der Waals surface area contributed by atoms with Gasteiger partial charge in [-0.05, 0) is 57.9 Å². The topological polar surface area (TPSA) is 103 Å². The minimum Gasteiger partial charge on any atom is -0.625 e. The highest BCUT2D eigenvalue weighted by atomic mass is 16.5. The van der Waals surface area contributed by atoms with Gasteiger partial charge in [0, 0.05) is 6.54 Å². The van der Waals surface area contributed by atoms with Crippen LogP contribution in [0.5, 0.6) is 0 Å². The van der Waals surface area contributed by atoms with Crippen molar-refractivity contribution in [2.24, 2.45) is 0 Å². The quantitative estimate of drug-likeness (QED) is 0.296. The lowest BCUT2D eigenvalue weighted by Gasteiger charge is -2.35. The number of hydrogen-bond donors (Lipinski definition) is 0. The van der Waals surface area contributed by atoms with E-state index in [0.717, 1.165) is 47.3 Å². The van der Waals surface area contributed by atoms with Gasteiger partial charge in [0.05, 0.1) is 43.9 Å². The summed E-state index contributed by atoms with van der Waals surface area (Å²) in [5.41, 5.74) is 1.89. The van der Waals surface area contributed by atoms with Gasteiger partial charge in [-0.1, -0.05) is 0 Å². The Bertz CT molecular complexity index is 1150. The summed E-state index contributed by atoms with van der Waals surface area (Å²) >= 11 is 0. The molecule has 0 saturated heterocycles. The molecule has 1 N–H and O–H groups in total. The number of aromatic nitrogens is 4. The molecule has 2 aliphatic heterocycles. The van der Waals surface area contributed by atoms with E-state index in [0.29, 0.717) is 25.3 Å². The molecule has 0 spiro atoms. The van der Waals surface area contributed by atoms with E-state index in [1.165, 1.54) is 0 Å². The highest BCUT2D eigenvalue weighted by Crippen LogP contribution is 2.23. The highest BCUT2D eigenvalue weighted by molar-refractivity contribution is 5.81. The van der Waals surface area contributed by atoms with Gasteiger partial charge < -0.3 is 24.3 Å². The summed E-state index contributed by atoms with van der Waals surface area (Å²) < 4.78 is 9.03. The van der Waals surface area contributed by atoms with Crippen molar-refractivity contribution in [3.05, 3.63) is 49.9 Å². The van der Waals surface area contributed by atoms with Crippen LogP contribution in [0.4, 0.5) is 0 Å². The lowest BCUT2D eigenvalue weighted by atomic mass is 10.1. The van der Waals surface area contributed by atoms with Crippen molar-refractivity contribution >= 4 is 11.0 Å². The largest absolute Gasteiger partial charge is 0.625 e. The van der Waals surface area contributed by atoms with E-state index in [4.69, 9.17) is 10.6 Å². The Morgan fingerprint density at radius 1 is 1.00 bits per heavy atom. The van der Waals surface area contributed by atoms with Gasteiger partial charge in [-0.3, -0.25) is 4.79 Å². The molecule has 168 valence electrons. The van der Waals surface area contributed by atoms with Gasteiger partial charge in [0.2, 0.25) is 0 Å². The molecule has 0 aliphatic carbocycles. The van der Waals surface area contributed by atoms with Gasteiger partial charge >= 0.3 is 5.69 Å². The van der Waals surface area contributed by atoms with Crippen molar-refractivity contribution in [2.45, 2.75) is 41.2 Å². The molecule has 3 rings (SSSR count). The van der Waals surface area contributed by atoms with Gasteiger partial charge in [0.25, 0.3) is 5.56 Å². The third-order valence-electron chi connectivity index (χ3n) is 6.56. The molecule has 1 aromatic carbocycles. The number of likely N-dealkylation sites (N-methyl/N-ethyl adjacent to an activating group) is 1. The van der Waals surface area contributed by atoms with E-state index in [1.807, 2.05) is 30.5 Å². The Balaban J connectivity index is 1.95. The molecule has 0 amide bonds. The maximum absolute atomic E-state index is 12.5. The Hall–Kier alpha value is -2.78. The Kier molecular flexibility index (Phi) is 6.76. The summed E-state index contributed by atoms with van der Waals surface area (Å²) in [6, 6.07) is 3.90. The molecule has 2 heterocycles. The molecule has 9 heteroatoms. The zero-order chi connectivity index (χ0) is 22.8. The number of benzene rings is 1. The van der Waals surface area contributed by atoms with Gasteiger partial charge in [0.1, 0.15) is 6.54 Å². The zero-order valence-corrected chi connectivity index (χ0v) is 19.1. The number of ether oxygens (including phenoxy) is 1. The van der Waals surface area contributed by atoms with Gasteiger partial charge in [-0.15, -0.1) is 0 Å². The summed E-state index contributed by atoms with van der Waals surface area (Å²) in [6.45, 7) is 16.2. The first-order valence-electron chi connectivity index (χ1n) is 10.9. The van der Waals surface area contributed by atoms with Crippen LogP contribution in [0.3, 0.4) is 0 Å².